The topological polar surface area (TPSA) is 123 Å². The zero-order valence-corrected chi connectivity index (χ0v) is 21.1. The van der Waals surface area contributed by atoms with Crippen molar-refractivity contribution < 1.29 is 24.9 Å². The molecule has 2 saturated carbocycles. The van der Waals surface area contributed by atoms with Gasteiger partial charge in [-0.1, -0.05) is 0 Å². The highest BCUT2D eigenvalue weighted by Crippen LogP contribution is 2.62. The van der Waals surface area contributed by atoms with Gasteiger partial charge < -0.3 is 36.0 Å². The number of nitrogens with one attached hydrogen (secondary N) is 3. The summed E-state index contributed by atoms with van der Waals surface area (Å²) >= 11 is 7.62. The third-order valence-electron chi connectivity index (χ3n) is 7.96. The van der Waals surface area contributed by atoms with Gasteiger partial charge in [0, 0.05) is 6.04 Å². The molecule has 4 fully saturated rings. The molecule has 2 saturated heterocycles. The molecule has 2 heterocycles. The molecule has 2 aliphatic heterocycles. The van der Waals surface area contributed by atoms with Crippen LogP contribution in [0, 0.1) is 17.8 Å². The smallest absolute Gasteiger partial charge is 0.237 e. The van der Waals surface area contributed by atoms with Gasteiger partial charge in [-0.2, -0.15) is 0 Å². The molecule has 190 valence electrons. The molecular weight excluding hydrogens is 466 g/mol. The van der Waals surface area contributed by atoms with Crippen LogP contribution in [0.1, 0.15) is 45.4 Å². The molecule has 4 aliphatic rings. The number of rotatable bonds is 10. The molecule has 0 spiro atoms. The van der Waals surface area contributed by atoms with E-state index in [-0.39, 0.29) is 11.9 Å². The van der Waals surface area contributed by atoms with Gasteiger partial charge in [0.05, 0.1) is 17.5 Å². The number of carbonyl (C=O) groups is 1. The molecule has 0 radical (unpaired) electrons. The molecule has 6 N–H and O–H groups in total. The van der Waals surface area contributed by atoms with Crippen LogP contribution in [0.25, 0.3) is 0 Å². The van der Waals surface area contributed by atoms with E-state index in [1.807, 2.05) is 0 Å². The van der Waals surface area contributed by atoms with E-state index in [1.54, 1.807) is 13.2 Å². The molecule has 8 nitrogen and oxygen atoms in total. The van der Waals surface area contributed by atoms with Gasteiger partial charge in [0.25, 0.3) is 0 Å². The van der Waals surface area contributed by atoms with Gasteiger partial charge in [0.1, 0.15) is 29.9 Å². The average Bonchev–Trinajstić information content (AvgIpc) is 3.69. The minimum atomic E-state index is -1.37. The van der Waals surface area contributed by atoms with Crippen molar-refractivity contribution in [3.8, 4) is 0 Å². The van der Waals surface area contributed by atoms with Crippen LogP contribution in [0.3, 0.4) is 0 Å². The standard InChI is InChI=1S/C23H40ClN3O5S/c1-11(24)16(21-19(29)18(28)20(30)23(32-21)33-2)27-22(31)15-6-5-12(7-9-25-15)4-3-8-26-17-13-10-14(13)17/h11-21,23,25-26,28-30H,3-10H2,1-2H3,(H,27,31). The fourth-order valence-electron chi connectivity index (χ4n) is 5.45. The van der Waals surface area contributed by atoms with E-state index in [2.05, 4.69) is 16.0 Å². The van der Waals surface area contributed by atoms with Crippen molar-refractivity contribution in [2.75, 3.05) is 19.3 Å². The third kappa shape index (κ3) is 6.17. The number of alkyl halides is 1. The Kier molecular flexibility index (Phi) is 8.88. The van der Waals surface area contributed by atoms with E-state index in [9.17, 15) is 20.1 Å². The first kappa shape index (κ1) is 25.9. The van der Waals surface area contributed by atoms with Crippen LogP contribution in [0.2, 0.25) is 0 Å². The minimum Gasteiger partial charge on any atom is -0.388 e. The summed E-state index contributed by atoms with van der Waals surface area (Å²) in [7, 11) is 0. The lowest BCUT2D eigenvalue weighted by Gasteiger charge is -2.44. The number of hydrogen-bond acceptors (Lipinski definition) is 8. The Morgan fingerprint density at radius 1 is 1.18 bits per heavy atom. The second-order valence-electron chi connectivity index (χ2n) is 10.3. The lowest BCUT2D eigenvalue weighted by molar-refractivity contribution is -0.205. The molecule has 0 aromatic rings. The SMILES string of the molecule is CSC1OC(C(NC(=O)C2CCC(CCCNC3C4CC43)CCN2)C(C)Cl)C(O)C(O)C1O. The summed E-state index contributed by atoms with van der Waals surface area (Å²) in [4.78, 5) is 13.1. The summed E-state index contributed by atoms with van der Waals surface area (Å²) in [5.41, 5.74) is -0.708. The number of carbonyl (C=O) groups excluding carboxylic acids is 1. The van der Waals surface area contributed by atoms with E-state index >= 15 is 0 Å². The van der Waals surface area contributed by atoms with Crippen molar-refractivity contribution in [3.63, 3.8) is 0 Å². The maximum atomic E-state index is 13.1. The first-order valence-electron chi connectivity index (χ1n) is 12.5. The van der Waals surface area contributed by atoms with Crippen LogP contribution in [0.15, 0.2) is 0 Å². The number of aliphatic hydroxyl groups excluding tert-OH is 3. The maximum absolute atomic E-state index is 13.1. The lowest BCUT2D eigenvalue weighted by atomic mass is 9.92. The number of amides is 1. The highest BCUT2D eigenvalue weighted by Gasteiger charge is 2.63. The van der Waals surface area contributed by atoms with E-state index in [0.29, 0.717) is 5.92 Å². The molecular formula is C23H40ClN3O5S. The van der Waals surface area contributed by atoms with Crippen LogP contribution in [-0.4, -0.2) is 93.9 Å². The second-order valence-corrected chi connectivity index (χ2v) is 11.9. The summed E-state index contributed by atoms with van der Waals surface area (Å²) in [6.07, 6.45) is 3.54. The van der Waals surface area contributed by atoms with Gasteiger partial charge >= 0.3 is 0 Å². The van der Waals surface area contributed by atoms with Crippen molar-refractivity contribution in [2.45, 2.75) is 98.8 Å². The maximum Gasteiger partial charge on any atom is 0.237 e. The monoisotopic (exact) mass is 505 g/mol. The van der Waals surface area contributed by atoms with Gasteiger partial charge in [-0.3, -0.25) is 4.79 Å². The average molecular weight is 506 g/mol. The highest BCUT2D eigenvalue weighted by molar-refractivity contribution is 7.99. The molecule has 1 amide bonds. The van der Waals surface area contributed by atoms with E-state index in [1.165, 1.54) is 31.0 Å². The number of halogens is 1. The fraction of sp³-hybridized carbons (Fsp3) is 0.957. The van der Waals surface area contributed by atoms with Crippen molar-refractivity contribution in [1.29, 1.82) is 0 Å². The largest absolute Gasteiger partial charge is 0.388 e. The second kappa shape index (κ2) is 11.3. The van der Waals surface area contributed by atoms with Gasteiger partial charge in [0.2, 0.25) is 5.91 Å². The minimum absolute atomic E-state index is 0.167. The Morgan fingerprint density at radius 2 is 1.94 bits per heavy atom. The predicted octanol–water partition coefficient (Wildman–Crippen LogP) is 0.416. The lowest BCUT2D eigenvalue weighted by Crippen LogP contribution is -2.65. The molecule has 11 unspecified atom stereocenters. The van der Waals surface area contributed by atoms with E-state index in [4.69, 9.17) is 16.3 Å². The van der Waals surface area contributed by atoms with Crippen LogP contribution < -0.4 is 16.0 Å². The number of hydrogen-bond donors (Lipinski definition) is 6. The summed E-state index contributed by atoms with van der Waals surface area (Å²) in [5, 5.41) is 40.4. The van der Waals surface area contributed by atoms with Crippen LogP contribution in [0.5, 0.6) is 0 Å². The summed E-state index contributed by atoms with van der Waals surface area (Å²) < 4.78 is 5.85. The predicted molar refractivity (Wildman–Crippen MR) is 129 cm³/mol. The van der Waals surface area contributed by atoms with Gasteiger partial charge in [0.15, 0.2) is 0 Å². The van der Waals surface area contributed by atoms with Gasteiger partial charge in [-0.05, 0) is 82.5 Å². The first-order valence-corrected chi connectivity index (χ1v) is 14.2. The van der Waals surface area contributed by atoms with Gasteiger partial charge in [-0.15, -0.1) is 23.4 Å². The number of ether oxygens (including phenoxy) is 1. The Labute approximate surface area is 205 Å². The number of thioether (sulfide) groups is 1. The number of aliphatic hydroxyl groups is 3. The summed E-state index contributed by atoms with van der Waals surface area (Å²) in [5.74, 6) is 2.44. The van der Waals surface area contributed by atoms with Crippen molar-refractivity contribution >= 4 is 29.3 Å². The molecule has 2 aliphatic carbocycles. The zero-order chi connectivity index (χ0) is 23.7. The Hall–Kier alpha value is -0.130. The molecule has 10 heteroatoms. The fourth-order valence-corrected chi connectivity index (χ4v) is 6.34. The normalized spacial score (nSPS) is 44.3. The van der Waals surface area contributed by atoms with E-state index < -0.39 is 41.3 Å². The van der Waals surface area contributed by atoms with Crippen molar-refractivity contribution in [3.05, 3.63) is 0 Å². The van der Waals surface area contributed by atoms with Crippen molar-refractivity contribution in [1.82, 2.24) is 16.0 Å². The first-order chi connectivity index (χ1) is 15.8. The highest BCUT2D eigenvalue weighted by atomic mass is 35.5. The van der Waals surface area contributed by atoms with Gasteiger partial charge in [-0.25, -0.2) is 0 Å². The van der Waals surface area contributed by atoms with Crippen LogP contribution in [-0.2, 0) is 9.53 Å². The Morgan fingerprint density at radius 3 is 2.58 bits per heavy atom. The zero-order valence-electron chi connectivity index (χ0n) is 19.5. The quantitative estimate of drug-likeness (QED) is 0.186. The molecule has 0 aromatic carbocycles. The van der Waals surface area contributed by atoms with Crippen LogP contribution >= 0.6 is 23.4 Å². The summed E-state index contributed by atoms with van der Waals surface area (Å²) in [6.45, 7) is 3.62. The Bertz CT molecular complexity index is 666. The van der Waals surface area contributed by atoms with Crippen LogP contribution in [0.4, 0.5) is 0 Å². The summed E-state index contributed by atoms with van der Waals surface area (Å²) in [6, 6.07) is -0.211. The third-order valence-corrected chi connectivity index (χ3v) is 9.09. The molecule has 0 bridgehead atoms. The molecule has 0 aromatic heterocycles. The van der Waals surface area contributed by atoms with Crippen molar-refractivity contribution in [2.24, 2.45) is 17.8 Å². The van der Waals surface area contributed by atoms with E-state index in [0.717, 1.165) is 50.2 Å². The molecule has 11 atom stereocenters. The molecule has 33 heavy (non-hydrogen) atoms. The molecule has 4 rings (SSSR count). The number of fused-ring (bicyclic) bond motifs is 1. The Balaban J connectivity index is 1.25.